The van der Waals surface area contributed by atoms with Crippen LogP contribution in [0.4, 0.5) is 0 Å². The van der Waals surface area contributed by atoms with Gasteiger partial charge in [0.05, 0.1) is 0 Å². The van der Waals surface area contributed by atoms with Gasteiger partial charge in [-0.25, -0.2) is 0 Å². The molecule has 0 aromatic heterocycles. The summed E-state index contributed by atoms with van der Waals surface area (Å²) >= 11 is 0. The molecule has 11 heavy (non-hydrogen) atoms. The third-order valence-electron chi connectivity index (χ3n) is 1.91. The minimum Gasteiger partial charge on any atom is -0.396 e. The zero-order chi connectivity index (χ0) is 9.07. The summed E-state index contributed by atoms with van der Waals surface area (Å²) < 4.78 is 10.6. The van der Waals surface area contributed by atoms with Crippen LogP contribution in [-0.4, -0.2) is 34.1 Å². The number of rotatable bonds is 4. The summed E-state index contributed by atoms with van der Waals surface area (Å²) in [4.78, 5) is 0. The van der Waals surface area contributed by atoms with Gasteiger partial charge in [0.15, 0.2) is 0 Å². The van der Waals surface area contributed by atoms with E-state index in [1.165, 1.54) is 0 Å². The highest BCUT2D eigenvalue weighted by Gasteiger charge is 2.44. The van der Waals surface area contributed by atoms with Gasteiger partial charge in [-0.1, -0.05) is 0 Å². The van der Waals surface area contributed by atoms with E-state index in [1.807, 2.05) is 13.8 Å². The van der Waals surface area contributed by atoms with Crippen molar-refractivity contribution in [1.29, 1.82) is 0 Å². The molecule has 4 N–H and O–H groups in total. The standard InChI is InChI=1S/C6H18N2O2Si/c1-5(7)11(9-3,10-4)6(2)8/h5-6H,7-8H2,1-4H3. The molecule has 4 nitrogen and oxygen atoms in total. The normalized spacial score (nSPS) is 18.0. The van der Waals surface area contributed by atoms with Crippen molar-refractivity contribution < 1.29 is 8.85 Å². The van der Waals surface area contributed by atoms with Crippen LogP contribution in [0.2, 0.25) is 0 Å². The maximum atomic E-state index is 5.73. The van der Waals surface area contributed by atoms with E-state index in [0.29, 0.717) is 0 Å². The van der Waals surface area contributed by atoms with Crippen LogP contribution in [0, 0.1) is 0 Å². The van der Waals surface area contributed by atoms with Crippen LogP contribution in [0.3, 0.4) is 0 Å². The minimum atomic E-state index is -2.34. The number of hydrogen-bond acceptors (Lipinski definition) is 4. The Balaban J connectivity index is 4.46. The summed E-state index contributed by atoms with van der Waals surface area (Å²) in [6, 6.07) is 0. The first kappa shape index (κ1) is 11.1. The third-order valence-corrected chi connectivity index (χ3v) is 5.72. The molecule has 5 heteroatoms. The van der Waals surface area contributed by atoms with Crippen LogP contribution in [0.25, 0.3) is 0 Å². The summed E-state index contributed by atoms with van der Waals surface area (Å²) in [6.07, 6.45) is 0. The maximum Gasteiger partial charge on any atom is 0.371 e. The lowest BCUT2D eigenvalue weighted by Gasteiger charge is -2.33. The lowest BCUT2D eigenvalue weighted by molar-refractivity contribution is 0.222. The molecular weight excluding hydrogens is 160 g/mol. The average Bonchev–Trinajstić information content (AvgIpc) is 1.90. The predicted octanol–water partition coefficient (Wildman–Crippen LogP) is -0.506. The van der Waals surface area contributed by atoms with Crippen LogP contribution >= 0.6 is 0 Å². The van der Waals surface area contributed by atoms with E-state index in [9.17, 15) is 0 Å². The van der Waals surface area contributed by atoms with Gasteiger partial charge >= 0.3 is 8.56 Å². The average molecular weight is 178 g/mol. The van der Waals surface area contributed by atoms with Gasteiger partial charge in [0, 0.05) is 25.5 Å². The summed E-state index contributed by atoms with van der Waals surface area (Å²) in [7, 11) is 0.857. The van der Waals surface area contributed by atoms with E-state index in [-0.39, 0.29) is 11.3 Å². The lowest BCUT2D eigenvalue weighted by Crippen LogP contribution is -2.65. The molecule has 2 unspecified atom stereocenters. The topological polar surface area (TPSA) is 70.5 Å². The quantitative estimate of drug-likeness (QED) is 0.569. The van der Waals surface area contributed by atoms with Gasteiger partial charge in [0.1, 0.15) is 0 Å². The number of nitrogens with two attached hydrogens (primary N) is 2. The largest absolute Gasteiger partial charge is 0.396 e. The second-order valence-corrected chi connectivity index (χ2v) is 6.79. The molecule has 0 aliphatic rings. The summed E-state index contributed by atoms with van der Waals surface area (Å²) in [5, 5.41) is 0. The monoisotopic (exact) mass is 178 g/mol. The fourth-order valence-electron chi connectivity index (χ4n) is 1.24. The van der Waals surface area contributed by atoms with Crippen molar-refractivity contribution in [3.05, 3.63) is 0 Å². The fourth-order valence-corrected chi connectivity index (χ4v) is 3.72. The molecule has 0 bridgehead atoms. The smallest absolute Gasteiger partial charge is 0.371 e. The van der Waals surface area contributed by atoms with Crippen LogP contribution in [-0.2, 0) is 8.85 Å². The van der Waals surface area contributed by atoms with Gasteiger partial charge in [-0.2, -0.15) is 0 Å². The Kier molecular flexibility index (Phi) is 4.20. The molecule has 0 fully saturated rings. The highest BCUT2D eigenvalue weighted by Crippen LogP contribution is 2.12. The summed E-state index contributed by atoms with van der Waals surface area (Å²) in [5.41, 5.74) is 11.2. The first-order valence-electron chi connectivity index (χ1n) is 3.62. The van der Waals surface area contributed by atoms with Crippen LogP contribution in [0.1, 0.15) is 13.8 Å². The van der Waals surface area contributed by atoms with Crippen molar-refractivity contribution in [1.82, 2.24) is 0 Å². The molecular formula is C6H18N2O2Si. The molecule has 0 heterocycles. The second-order valence-electron chi connectivity index (χ2n) is 2.71. The molecule has 0 aromatic rings. The van der Waals surface area contributed by atoms with Crippen molar-refractivity contribution in [2.75, 3.05) is 14.2 Å². The van der Waals surface area contributed by atoms with Gasteiger partial charge in [-0.3, -0.25) is 0 Å². The van der Waals surface area contributed by atoms with Crippen LogP contribution in [0.15, 0.2) is 0 Å². The fraction of sp³-hybridized carbons (Fsp3) is 1.00. The van der Waals surface area contributed by atoms with E-state index in [4.69, 9.17) is 20.3 Å². The van der Waals surface area contributed by atoms with Gasteiger partial charge in [0.2, 0.25) is 0 Å². The molecule has 0 aliphatic carbocycles. The number of hydrogen-bond donors (Lipinski definition) is 2. The molecule has 0 amide bonds. The minimum absolute atomic E-state index is 0.113. The van der Waals surface area contributed by atoms with Crippen molar-refractivity contribution in [2.45, 2.75) is 25.2 Å². The Hall–Kier alpha value is 0.0569. The first-order chi connectivity index (χ1) is 5.01. The Morgan fingerprint density at radius 1 is 1.00 bits per heavy atom. The Morgan fingerprint density at radius 2 is 1.27 bits per heavy atom. The van der Waals surface area contributed by atoms with Crippen LogP contribution < -0.4 is 11.5 Å². The van der Waals surface area contributed by atoms with Gasteiger partial charge in [-0.05, 0) is 13.8 Å². The lowest BCUT2D eigenvalue weighted by atomic mass is 10.8. The van der Waals surface area contributed by atoms with Crippen LogP contribution in [0.5, 0.6) is 0 Å². The molecule has 0 aromatic carbocycles. The highest BCUT2D eigenvalue weighted by atomic mass is 28.4. The zero-order valence-electron chi connectivity index (χ0n) is 7.63. The van der Waals surface area contributed by atoms with Gasteiger partial charge in [-0.15, -0.1) is 0 Å². The van der Waals surface area contributed by atoms with E-state index >= 15 is 0 Å². The van der Waals surface area contributed by atoms with E-state index in [2.05, 4.69) is 0 Å². The molecule has 0 saturated carbocycles. The highest BCUT2D eigenvalue weighted by molar-refractivity contribution is 6.70. The Bertz CT molecular complexity index is 105. The Morgan fingerprint density at radius 3 is 1.27 bits per heavy atom. The summed E-state index contributed by atoms with van der Waals surface area (Å²) in [5.74, 6) is 0. The molecule has 0 saturated heterocycles. The van der Waals surface area contributed by atoms with Gasteiger partial charge < -0.3 is 20.3 Å². The molecule has 0 rings (SSSR count). The molecule has 0 spiro atoms. The Labute approximate surface area is 69.1 Å². The zero-order valence-corrected chi connectivity index (χ0v) is 8.63. The predicted molar refractivity (Wildman–Crippen MR) is 47.1 cm³/mol. The SMILES string of the molecule is CO[Si](OC)(C(C)N)C(C)N. The summed E-state index contributed by atoms with van der Waals surface area (Å²) in [6.45, 7) is 3.73. The van der Waals surface area contributed by atoms with E-state index < -0.39 is 8.56 Å². The molecule has 0 radical (unpaired) electrons. The maximum absolute atomic E-state index is 5.73. The second kappa shape index (κ2) is 4.17. The molecule has 68 valence electrons. The third kappa shape index (κ3) is 2.00. The van der Waals surface area contributed by atoms with Crippen molar-refractivity contribution in [3.63, 3.8) is 0 Å². The van der Waals surface area contributed by atoms with Gasteiger partial charge in [0.25, 0.3) is 0 Å². The van der Waals surface area contributed by atoms with E-state index in [1.54, 1.807) is 14.2 Å². The molecule has 0 aliphatic heterocycles. The first-order valence-corrected chi connectivity index (χ1v) is 5.59. The van der Waals surface area contributed by atoms with E-state index in [0.717, 1.165) is 0 Å². The molecule has 2 atom stereocenters. The van der Waals surface area contributed by atoms with Crippen molar-refractivity contribution >= 4 is 8.56 Å². The van der Waals surface area contributed by atoms with Crippen molar-refractivity contribution in [3.8, 4) is 0 Å². The van der Waals surface area contributed by atoms with Crippen molar-refractivity contribution in [2.24, 2.45) is 11.5 Å².